The molecule has 0 aromatic heterocycles. The molecule has 0 aliphatic rings. The predicted molar refractivity (Wildman–Crippen MR) is 111 cm³/mol. The minimum Gasteiger partial charge on any atom is -0.508 e. The lowest BCUT2D eigenvalue weighted by Gasteiger charge is -2.22. The number of rotatable bonds is 11. The molecule has 2 aromatic rings. The lowest BCUT2D eigenvalue weighted by Crippen LogP contribution is -2.37. The van der Waals surface area contributed by atoms with Gasteiger partial charge in [-0.25, -0.2) is 16.8 Å². The Morgan fingerprint density at radius 2 is 1.31 bits per heavy atom. The second-order valence-electron chi connectivity index (χ2n) is 6.77. The number of phenols is 2. The first-order chi connectivity index (χ1) is 13.7. The van der Waals surface area contributed by atoms with Crippen molar-refractivity contribution in [3.05, 3.63) is 48.5 Å². The van der Waals surface area contributed by atoms with Crippen molar-refractivity contribution < 1.29 is 27.0 Å². The number of phenolic OH excluding ortho intramolecular Hbond substituents is 2. The Morgan fingerprint density at radius 1 is 0.724 bits per heavy atom. The number of benzene rings is 2. The summed E-state index contributed by atoms with van der Waals surface area (Å²) in [4.78, 5) is -0.532. The first-order valence-electron chi connectivity index (χ1n) is 9.55. The first-order valence-corrected chi connectivity index (χ1v) is 12.4. The van der Waals surface area contributed by atoms with Gasteiger partial charge in [0.15, 0.2) is 0 Å². The molecule has 0 bridgehead atoms. The summed E-state index contributed by atoms with van der Waals surface area (Å²) in [5.41, 5.74) is 0. The van der Waals surface area contributed by atoms with Crippen molar-refractivity contribution in [3.63, 3.8) is 0 Å². The van der Waals surface area contributed by atoms with E-state index in [4.69, 9.17) is 0 Å². The number of hydrogen-bond donors (Lipinski definition) is 2. The molecule has 2 N–H and O–H groups in total. The van der Waals surface area contributed by atoms with Crippen LogP contribution >= 0.6 is 0 Å². The molecule has 0 unspecified atom stereocenters. The van der Waals surface area contributed by atoms with Crippen molar-refractivity contribution in [1.29, 1.82) is 0 Å². The van der Waals surface area contributed by atoms with Crippen LogP contribution in [0, 0.1) is 0 Å². The standard InChI is InChI=1S/C20H27NO6S2/c1-2-3-4-5-6-7-15-21(28(24,25)19-13-11-17(22)12-14-19)29(26,27)20-10-8-9-18(23)16-20/h8-14,16,22-23H,2-7,15H2,1H3. The molecule has 0 aliphatic heterocycles. The maximum absolute atomic E-state index is 13.1. The van der Waals surface area contributed by atoms with Crippen LogP contribution in [0.3, 0.4) is 0 Å². The van der Waals surface area contributed by atoms with E-state index in [1.807, 2.05) is 0 Å². The van der Waals surface area contributed by atoms with Gasteiger partial charge in [0.1, 0.15) is 11.5 Å². The Labute approximate surface area is 172 Å². The zero-order chi connectivity index (χ0) is 21.5. The number of hydrogen-bond acceptors (Lipinski definition) is 6. The summed E-state index contributed by atoms with van der Waals surface area (Å²) in [6.45, 7) is 1.89. The Kier molecular flexibility index (Phi) is 8.06. The first kappa shape index (κ1) is 23.2. The third-order valence-electron chi connectivity index (χ3n) is 4.48. The Bertz CT molecular complexity index is 1000. The van der Waals surface area contributed by atoms with Gasteiger partial charge in [-0.15, -0.1) is 0 Å². The third-order valence-corrected chi connectivity index (χ3v) is 8.81. The van der Waals surface area contributed by atoms with Gasteiger partial charge in [0, 0.05) is 6.54 Å². The van der Waals surface area contributed by atoms with Crippen LogP contribution in [-0.4, -0.2) is 37.3 Å². The highest BCUT2D eigenvalue weighted by Crippen LogP contribution is 2.27. The zero-order valence-electron chi connectivity index (χ0n) is 16.4. The highest BCUT2D eigenvalue weighted by Gasteiger charge is 2.36. The molecule has 7 nitrogen and oxygen atoms in total. The lowest BCUT2D eigenvalue weighted by molar-refractivity contribution is 0.467. The second kappa shape index (κ2) is 10.1. The van der Waals surface area contributed by atoms with Gasteiger partial charge in [0.05, 0.1) is 9.79 Å². The summed E-state index contributed by atoms with van der Waals surface area (Å²) in [5.74, 6) is -0.394. The molecular formula is C20H27NO6S2. The molecule has 0 saturated carbocycles. The molecule has 2 rings (SSSR count). The van der Waals surface area contributed by atoms with E-state index in [0.29, 0.717) is 16.6 Å². The third kappa shape index (κ3) is 5.94. The highest BCUT2D eigenvalue weighted by atomic mass is 32.3. The maximum Gasteiger partial charge on any atom is 0.256 e. The van der Waals surface area contributed by atoms with Crippen LogP contribution in [0.1, 0.15) is 45.4 Å². The van der Waals surface area contributed by atoms with Crippen molar-refractivity contribution in [2.75, 3.05) is 6.54 Å². The topological polar surface area (TPSA) is 112 Å². The van der Waals surface area contributed by atoms with Crippen LogP contribution in [0.2, 0.25) is 0 Å². The van der Waals surface area contributed by atoms with Gasteiger partial charge in [0.25, 0.3) is 20.0 Å². The molecule has 0 heterocycles. The van der Waals surface area contributed by atoms with Gasteiger partial charge in [-0.05, 0) is 48.9 Å². The van der Waals surface area contributed by atoms with E-state index in [1.165, 1.54) is 30.3 Å². The lowest BCUT2D eigenvalue weighted by atomic mass is 10.1. The molecule has 160 valence electrons. The fourth-order valence-corrected chi connectivity index (χ4v) is 6.65. The van der Waals surface area contributed by atoms with Crippen LogP contribution in [0.25, 0.3) is 0 Å². The van der Waals surface area contributed by atoms with E-state index in [0.717, 1.165) is 43.9 Å². The molecule has 0 radical (unpaired) electrons. The van der Waals surface area contributed by atoms with E-state index in [9.17, 15) is 27.0 Å². The molecule has 9 heteroatoms. The summed E-state index contributed by atoms with van der Waals surface area (Å²) < 4.78 is 53.0. The van der Waals surface area contributed by atoms with Crippen molar-refractivity contribution >= 4 is 20.0 Å². The van der Waals surface area contributed by atoms with Crippen LogP contribution in [0.4, 0.5) is 0 Å². The summed E-state index contributed by atoms with van der Waals surface area (Å²) in [6.07, 6.45) is 5.16. The summed E-state index contributed by atoms with van der Waals surface area (Å²) in [7, 11) is -8.80. The van der Waals surface area contributed by atoms with E-state index in [2.05, 4.69) is 6.92 Å². The van der Waals surface area contributed by atoms with Gasteiger partial charge in [-0.3, -0.25) is 0 Å². The number of aromatic hydroxyl groups is 2. The van der Waals surface area contributed by atoms with Crippen LogP contribution in [-0.2, 0) is 20.0 Å². The largest absolute Gasteiger partial charge is 0.508 e. The van der Waals surface area contributed by atoms with Crippen LogP contribution < -0.4 is 0 Å². The van der Waals surface area contributed by atoms with Gasteiger partial charge >= 0.3 is 0 Å². The predicted octanol–water partition coefficient (Wildman–Crippen LogP) is 3.84. The molecular weight excluding hydrogens is 414 g/mol. The fourth-order valence-electron chi connectivity index (χ4n) is 2.89. The molecule has 0 amide bonds. The smallest absolute Gasteiger partial charge is 0.256 e. The summed E-state index contributed by atoms with van der Waals surface area (Å²) in [5, 5.41) is 19.1. The Morgan fingerprint density at radius 3 is 1.93 bits per heavy atom. The Balaban J connectivity index is 2.36. The zero-order valence-corrected chi connectivity index (χ0v) is 18.0. The minimum absolute atomic E-state index is 0.123. The molecule has 2 aromatic carbocycles. The average molecular weight is 442 g/mol. The van der Waals surface area contributed by atoms with Gasteiger partial charge in [0.2, 0.25) is 0 Å². The number of unbranched alkanes of at least 4 members (excludes halogenated alkanes) is 5. The molecule has 0 atom stereocenters. The van der Waals surface area contributed by atoms with Crippen LogP contribution in [0.5, 0.6) is 11.5 Å². The van der Waals surface area contributed by atoms with E-state index in [1.54, 1.807) is 0 Å². The number of sulfonamides is 2. The van der Waals surface area contributed by atoms with Gasteiger partial charge < -0.3 is 10.2 Å². The van der Waals surface area contributed by atoms with E-state index in [-0.39, 0.29) is 27.8 Å². The van der Waals surface area contributed by atoms with Crippen molar-refractivity contribution in [1.82, 2.24) is 3.71 Å². The molecule has 29 heavy (non-hydrogen) atoms. The van der Waals surface area contributed by atoms with Crippen LogP contribution in [0.15, 0.2) is 58.3 Å². The Hall–Kier alpha value is -2.10. The van der Waals surface area contributed by atoms with Crippen molar-refractivity contribution in [2.45, 2.75) is 55.2 Å². The molecule has 0 saturated heterocycles. The summed E-state index contributed by atoms with van der Waals surface area (Å²) in [6, 6.07) is 9.64. The monoisotopic (exact) mass is 441 g/mol. The van der Waals surface area contributed by atoms with Gasteiger partial charge in [-0.2, -0.15) is 0 Å². The van der Waals surface area contributed by atoms with E-state index >= 15 is 0 Å². The van der Waals surface area contributed by atoms with Crippen molar-refractivity contribution in [3.8, 4) is 11.5 Å². The summed E-state index contributed by atoms with van der Waals surface area (Å²) >= 11 is 0. The van der Waals surface area contributed by atoms with Gasteiger partial charge in [-0.1, -0.05) is 48.8 Å². The molecule has 0 spiro atoms. The SMILES string of the molecule is CCCCCCCCN(S(=O)(=O)c1ccc(O)cc1)S(=O)(=O)c1cccc(O)c1. The minimum atomic E-state index is -4.41. The van der Waals surface area contributed by atoms with E-state index < -0.39 is 20.0 Å². The highest BCUT2D eigenvalue weighted by molar-refractivity contribution is 8.04. The quantitative estimate of drug-likeness (QED) is 0.513. The second-order valence-corrected chi connectivity index (χ2v) is 10.7. The molecule has 0 fully saturated rings. The normalized spacial score (nSPS) is 12.3. The molecule has 0 aliphatic carbocycles. The average Bonchev–Trinajstić information content (AvgIpc) is 2.67. The number of nitrogens with zero attached hydrogens (tertiary/aromatic N) is 1. The van der Waals surface area contributed by atoms with Crippen molar-refractivity contribution in [2.24, 2.45) is 0 Å². The maximum atomic E-state index is 13.1. The fraction of sp³-hybridized carbons (Fsp3) is 0.400.